The van der Waals surface area contributed by atoms with E-state index in [-0.39, 0.29) is 17.6 Å². The van der Waals surface area contributed by atoms with Gasteiger partial charge in [-0.2, -0.15) is 0 Å². The molecule has 0 bridgehead atoms. The Hall–Kier alpha value is -2.11. The minimum absolute atomic E-state index is 0.158. The summed E-state index contributed by atoms with van der Waals surface area (Å²) in [4.78, 5) is 26.2. The van der Waals surface area contributed by atoms with Crippen molar-refractivity contribution in [1.82, 2.24) is 4.90 Å². The largest absolute Gasteiger partial charge is 0.444 e. The molecule has 1 aromatic carbocycles. The van der Waals surface area contributed by atoms with Crippen molar-refractivity contribution in [1.29, 1.82) is 0 Å². The zero-order valence-electron chi connectivity index (χ0n) is 14.7. The van der Waals surface area contributed by atoms with E-state index in [1.165, 1.54) is 12.1 Å². The number of carbonyl (C=O) groups is 2. The topological polar surface area (TPSA) is 58.6 Å². The predicted molar refractivity (Wildman–Crippen MR) is 90.3 cm³/mol. The lowest BCUT2D eigenvalue weighted by atomic mass is 9.97. The number of benzene rings is 1. The summed E-state index contributed by atoms with van der Waals surface area (Å²) in [6.07, 6.45) is 1.07. The van der Waals surface area contributed by atoms with Crippen LogP contribution >= 0.6 is 0 Å². The van der Waals surface area contributed by atoms with Gasteiger partial charge in [-0.15, -0.1) is 0 Å². The minimum atomic E-state index is -0.558. The Kier molecular flexibility index (Phi) is 5.47. The third-order valence-corrected chi connectivity index (χ3v) is 3.87. The van der Waals surface area contributed by atoms with Crippen molar-refractivity contribution in [3.63, 3.8) is 0 Å². The number of nitrogens with one attached hydrogen (secondary N) is 1. The third-order valence-electron chi connectivity index (χ3n) is 3.87. The van der Waals surface area contributed by atoms with Crippen LogP contribution in [-0.2, 0) is 9.53 Å². The molecule has 1 saturated heterocycles. The average Bonchev–Trinajstić information content (AvgIpc) is 2.49. The van der Waals surface area contributed by atoms with Crippen LogP contribution < -0.4 is 5.32 Å². The van der Waals surface area contributed by atoms with Gasteiger partial charge in [0.2, 0.25) is 5.91 Å². The molecule has 6 heteroatoms. The lowest BCUT2D eigenvalue weighted by molar-refractivity contribution is -0.121. The minimum Gasteiger partial charge on any atom is -0.444 e. The van der Waals surface area contributed by atoms with Crippen LogP contribution in [0, 0.1) is 18.7 Å². The fourth-order valence-corrected chi connectivity index (χ4v) is 2.65. The molecule has 0 aliphatic carbocycles. The highest BCUT2D eigenvalue weighted by molar-refractivity contribution is 5.93. The number of piperidine rings is 1. The average molecular weight is 336 g/mol. The van der Waals surface area contributed by atoms with Gasteiger partial charge in [-0.05, 0) is 64.3 Å². The van der Waals surface area contributed by atoms with Gasteiger partial charge < -0.3 is 15.0 Å². The molecule has 2 rings (SSSR count). The van der Waals surface area contributed by atoms with Crippen molar-refractivity contribution >= 4 is 17.7 Å². The number of likely N-dealkylation sites (tertiary alicyclic amines) is 1. The Bertz CT molecular complexity index is 625. The number of nitrogens with zero attached hydrogens (tertiary/aromatic N) is 1. The molecule has 132 valence electrons. The first kappa shape index (κ1) is 18.2. The van der Waals surface area contributed by atoms with Gasteiger partial charge >= 0.3 is 6.09 Å². The third kappa shape index (κ3) is 4.94. The molecule has 1 aliphatic rings. The Morgan fingerprint density at radius 1 is 1.33 bits per heavy atom. The van der Waals surface area contributed by atoms with Gasteiger partial charge in [0.25, 0.3) is 0 Å². The maximum absolute atomic E-state index is 13.3. The van der Waals surface area contributed by atoms with Crippen molar-refractivity contribution in [2.45, 2.75) is 46.1 Å². The summed E-state index contributed by atoms with van der Waals surface area (Å²) in [5.41, 5.74) is 0.484. The number of hydrogen-bond donors (Lipinski definition) is 1. The summed E-state index contributed by atoms with van der Waals surface area (Å²) in [7, 11) is 0. The van der Waals surface area contributed by atoms with E-state index in [0.29, 0.717) is 30.8 Å². The molecule has 0 radical (unpaired) electrons. The first-order valence-corrected chi connectivity index (χ1v) is 8.20. The standard InChI is InChI=1S/C18H25FN2O3/c1-12-10-14(7-8-15(12)19)20-16(22)13-6-5-9-21(11-13)17(23)24-18(2,3)4/h7-8,10,13H,5-6,9,11H2,1-4H3,(H,20,22). The number of carbonyl (C=O) groups excluding carboxylic acids is 2. The number of amides is 2. The fourth-order valence-electron chi connectivity index (χ4n) is 2.65. The Morgan fingerprint density at radius 2 is 2.04 bits per heavy atom. The molecule has 5 nitrogen and oxygen atoms in total. The summed E-state index contributed by atoms with van der Waals surface area (Å²) in [5, 5.41) is 2.80. The maximum atomic E-state index is 13.3. The molecule has 0 spiro atoms. The van der Waals surface area contributed by atoms with Crippen LogP contribution in [0.5, 0.6) is 0 Å². The van der Waals surface area contributed by atoms with Crippen molar-refractivity contribution in [2.24, 2.45) is 5.92 Å². The van der Waals surface area contributed by atoms with Crippen molar-refractivity contribution < 1.29 is 18.7 Å². The molecule has 1 atom stereocenters. The van der Waals surface area contributed by atoms with Gasteiger partial charge in [-0.25, -0.2) is 9.18 Å². The van der Waals surface area contributed by atoms with E-state index in [9.17, 15) is 14.0 Å². The van der Waals surface area contributed by atoms with Gasteiger partial charge in [0, 0.05) is 18.8 Å². The highest BCUT2D eigenvalue weighted by Crippen LogP contribution is 2.21. The molecule has 2 amide bonds. The lowest BCUT2D eigenvalue weighted by Gasteiger charge is -2.33. The van der Waals surface area contributed by atoms with Crippen LogP contribution in [0.4, 0.5) is 14.9 Å². The fraction of sp³-hybridized carbons (Fsp3) is 0.556. The van der Waals surface area contributed by atoms with Gasteiger partial charge in [0.05, 0.1) is 5.92 Å². The van der Waals surface area contributed by atoms with Crippen molar-refractivity contribution in [3.05, 3.63) is 29.6 Å². The number of aryl methyl sites for hydroxylation is 1. The monoisotopic (exact) mass is 336 g/mol. The number of anilines is 1. The molecule has 1 aromatic rings. The second-order valence-electron chi connectivity index (χ2n) is 7.22. The van der Waals surface area contributed by atoms with Crippen molar-refractivity contribution in [2.75, 3.05) is 18.4 Å². The molecule has 1 fully saturated rings. The SMILES string of the molecule is Cc1cc(NC(=O)C2CCCN(C(=O)OC(C)(C)C)C2)ccc1F. The highest BCUT2D eigenvalue weighted by atomic mass is 19.1. The Balaban J connectivity index is 1.97. The molecule has 24 heavy (non-hydrogen) atoms. The molecular weight excluding hydrogens is 311 g/mol. The summed E-state index contributed by atoms with van der Waals surface area (Å²) in [6.45, 7) is 8.02. The van der Waals surface area contributed by atoms with Crippen LogP contribution in [0.15, 0.2) is 18.2 Å². The first-order chi connectivity index (χ1) is 11.2. The molecule has 0 saturated carbocycles. The van der Waals surface area contributed by atoms with Gasteiger partial charge in [-0.1, -0.05) is 0 Å². The number of rotatable bonds is 2. The van der Waals surface area contributed by atoms with E-state index >= 15 is 0 Å². The molecule has 1 N–H and O–H groups in total. The van der Waals surface area contributed by atoms with Crippen LogP contribution in [0.25, 0.3) is 0 Å². The smallest absolute Gasteiger partial charge is 0.410 e. The second-order valence-corrected chi connectivity index (χ2v) is 7.22. The van der Waals surface area contributed by atoms with E-state index in [1.54, 1.807) is 17.9 Å². The van der Waals surface area contributed by atoms with Gasteiger partial charge in [0.1, 0.15) is 11.4 Å². The second kappa shape index (κ2) is 7.20. The van der Waals surface area contributed by atoms with Crippen LogP contribution in [0.3, 0.4) is 0 Å². The molecule has 1 aliphatic heterocycles. The zero-order chi connectivity index (χ0) is 17.9. The van der Waals surface area contributed by atoms with Gasteiger partial charge in [0.15, 0.2) is 0 Å². The normalized spacial score (nSPS) is 18.2. The van der Waals surface area contributed by atoms with E-state index < -0.39 is 11.7 Å². The maximum Gasteiger partial charge on any atom is 0.410 e. The van der Waals surface area contributed by atoms with E-state index in [4.69, 9.17) is 4.74 Å². The van der Waals surface area contributed by atoms with Crippen LogP contribution in [0.2, 0.25) is 0 Å². The summed E-state index contributed by atoms with van der Waals surface area (Å²) in [6, 6.07) is 4.47. The Labute approximate surface area is 142 Å². The zero-order valence-corrected chi connectivity index (χ0v) is 14.7. The van der Waals surface area contributed by atoms with Crippen molar-refractivity contribution in [3.8, 4) is 0 Å². The van der Waals surface area contributed by atoms with Crippen LogP contribution in [0.1, 0.15) is 39.2 Å². The molecule has 1 heterocycles. The van der Waals surface area contributed by atoms with E-state index in [2.05, 4.69) is 5.32 Å². The summed E-state index contributed by atoms with van der Waals surface area (Å²) in [5.74, 6) is -0.757. The molecular formula is C18H25FN2O3. The summed E-state index contributed by atoms with van der Waals surface area (Å²) < 4.78 is 18.7. The predicted octanol–water partition coefficient (Wildman–Crippen LogP) is 3.72. The van der Waals surface area contributed by atoms with Gasteiger partial charge in [-0.3, -0.25) is 4.79 Å². The lowest BCUT2D eigenvalue weighted by Crippen LogP contribution is -2.45. The molecule has 0 aromatic heterocycles. The Morgan fingerprint density at radius 3 is 2.67 bits per heavy atom. The quantitative estimate of drug-likeness (QED) is 0.895. The van der Waals surface area contributed by atoms with E-state index in [1.807, 2.05) is 20.8 Å². The highest BCUT2D eigenvalue weighted by Gasteiger charge is 2.31. The number of halogens is 1. The summed E-state index contributed by atoms with van der Waals surface area (Å²) >= 11 is 0. The number of hydrogen-bond acceptors (Lipinski definition) is 3. The molecule has 1 unspecified atom stereocenters. The number of ether oxygens (including phenoxy) is 1. The van der Waals surface area contributed by atoms with Crippen LogP contribution in [-0.4, -0.2) is 35.6 Å². The first-order valence-electron chi connectivity index (χ1n) is 8.20. The van der Waals surface area contributed by atoms with E-state index in [0.717, 1.165) is 6.42 Å².